The van der Waals surface area contributed by atoms with Gasteiger partial charge in [-0.25, -0.2) is 0 Å². The highest BCUT2D eigenvalue weighted by molar-refractivity contribution is 5.83. The van der Waals surface area contributed by atoms with Crippen molar-refractivity contribution in [1.82, 2.24) is 10.2 Å². The van der Waals surface area contributed by atoms with Crippen LogP contribution in [0.25, 0.3) is 0 Å². The van der Waals surface area contributed by atoms with Crippen LogP contribution in [-0.4, -0.2) is 42.5 Å². The molecule has 0 radical (unpaired) electrons. The Labute approximate surface area is 116 Å². The van der Waals surface area contributed by atoms with Gasteiger partial charge < -0.3 is 15.0 Å². The van der Waals surface area contributed by atoms with Crippen LogP contribution in [0.5, 0.6) is 5.75 Å². The Morgan fingerprint density at radius 2 is 2.30 bits per heavy atom. The highest BCUT2D eigenvalue weighted by atomic mass is 16.6. The van der Waals surface area contributed by atoms with Gasteiger partial charge in [0, 0.05) is 44.3 Å². The molecule has 0 aliphatic carbocycles. The lowest BCUT2D eigenvalue weighted by molar-refractivity contribution is -0.384. The minimum Gasteiger partial charge on any atom is -0.480 e. The van der Waals surface area contributed by atoms with Crippen LogP contribution in [0.15, 0.2) is 18.2 Å². The number of nitrogens with zero attached hydrogens (tertiary/aromatic N) is 2. The van der Waals surface area contributed by atoms with Crippen LogP contribution < -0.4 is 10.1 Å². The lowest BCUT2D eigenvalue weighted by Gasteiger charge is -2.16. The van der Waals surface area contributed by atoms with Gasteiger partial charge in [-0.05, 0) is 13.1 Å². The third-order valence-electron chi connectivity index (χ3n) is 3.27. The maximum absolute atomic E-state index is 11.8. The molecule has 1 fully saturated rings. The molecule has 1 aromatic carbocycles. The first-order valence-electron chi connectivity index (χ1n) is 6.36. The molecule has 7 nitrogen and oxygen atoms in total. The van der Waals surface area contributed by atoms with Crippen LogP contribution >= 0.6 is 0 Å². The number of nitro benzene ring substituents is 1. The van der Waals surface area contributed by atoms with E-state index in [0.717, 1.165) is 0 Å². The van der Waals surface area contributed by atoms with E-state index < -0.39 is 11.0 Å². The first-order chi connectivity index (χ1) is 9.52. The Morgan fingerprint density at radius 1 is 1.55 bits per heavy atom. The number of carbonyl (C=O) groups excluding carboxylic acids is 1. The third kappa shape index (κ3) is 2.88. The molecule has 1 aliphatic rings. The van der Waals surface area contributed by atoms with Crippen molar-refractivity contribution in [3.8, 4) is 5.75 Å². The van der Waals surface area contributed by atoms with Crippen LogP contribution in [-0.2, 0) is 11.3 Å². The zero-order valence-electron chi connectivity index (χ0n) is 11.5. The molecule has 0 saturated carbocycles. The molecule has 1 amide bonds. The van der Waals surface area contributed by atoms with Crippen molar-refractivity contribution in [2.45, 2.75) is 19.1 Å². The number of rotatable bonds is 5. The van der Waals surface area contributed by atoms with Crippen LogP contribution in [0.2, 0.25) is 0 Å². The summed E-state index contributed by atoms with van der Waals surface area (Å²) in [6.45, 7) is 1.10. The summed E-state index contributed by atoms with van der Waals surface area (Å²) in [5.74, 6) is 0.456. The number of ether oxygens (including phenoxy) is 1. The van der Waals surface area contributed by atoms with E-state index in [1.807, 2.05) is 0 Å². The number of carbonyl (C=O) groups is 1. The molecular weight excluding hydrogens is 262 g/mol. The van der Waals surface area contributed by atoms with E-state index in [9.17, 15) is 14.9 Å². The normalized spacial score (nSPS) is 18.4. The lowest BCUT2D eigenvalue weighted by atomic mass is 10.1. The van der Waals surface area contributed by atoms with E-state index in [2.05, 4.69) is 5.32 Å². The molecule has 1 aromatic rings. The summed E-state index contributed by atoms with van der Waals surface area (Å²) >= 11 is 0. The van der Waals surface area contributed by atoms with Crippen molar-refractivity contribution >= 4 is 11.6 Å². The van der Waals surface area contributed by atoms with Crippen LogP contribution in [0, 0.1) is 10.1 Å². The van der Waals surface area contributed by atoms with Crippen molar-refractivity contribution in [2.75, 3.05) is 20.6 Å². The third-order valence-corrected chi connectivity index (χ3v) is 3.27. The molecule has 2 rings (SSSR count). The van der Waals surface area contributed by atoms with Gasteiger partial charge >= 0.3 is 0 Å². The summed E-state index contributed by atoms with van der Waals surface area (Å²) in [7, 11) is 3.48. The van der Waals surface area contributed by atoms with E-state index in [-0.39, 0.29) is 11.6 Å². The van der Waals surface area contributed by atoms with Crippen molar-refractivity contribution in [3.63, 3.8) is 0 Å². The van der Waals surface area contributed by atoms with Gasteiger partial charge in [-0.3, -0.25) is 14.9 Å². The number of hydrogen-bond donors (Lipinski definition) is 1. The summed E-state index contributed by atoms with van der Waals surface area (Å²) in [5.41, 5.74) is 0.682. The largest absolute Gasteiger partial charge is 0.480 e. The van der Waals surface area contributed by atoms with E-state index >= 15 is 0 Å². The lowest BCUT2D eigenvalue weighted by Crippen LogP contribution is -2.29. The summed E-state index contributed by atoms with van der Waals surface area (Å²) in [6, 6.07) is 4.41. The standard InChI is InChI=1S/C13H17N3O4/c1-14-8-9-7-10(16(18)19)3-4-11(9)20-12-5-6-15(2)13(12)17/h3-4,7,12,14H,5-6,8H2,1-2H3. The monoisotopic (exact) mass is 279 g/mol. The molecule has 0 aromatic heterocycles. The molecule has 1 saturated heterocycles. The molecule has 7 heteroatoms. The number of likely N-dealkylation sites (tertiary alicyclic amines) is 1. The number of amides is 1. The average molecular weight is 279 g/mol. The van der Waals surface area contributed by atoms with Gasteiger partial charge in [0.05, 0.1) is 4.92 Å². The van der Waals surface area contributed by atoms with Crippen molar-refractivity contribution in [1.29, 1.82) is 0 Å². The fraction of sp³-hybridized carbons (Fsp3) is 0.462. The molecule has 108 valence electrons. The molecule has 1 heterocycles. The summed E-state index contributed by atoms with van der Waals surface area (Å²) in [4.78, 5) is 23.8. The topological polar surface area (TPSA) is 84.7 Å². The summed E-state index contributed by atoms with van der Waals surface area (Å²) in [5, 5.41) is 13.7. The average Bonchev–Trinajstić information content (AvgIpc) is 2.73. The number of benzene rings is 1. The zero-order chi connectivity index (χ0) is 14.7. The van der Waals surface area contributed by atoms with Gasteiger partial charge in [0.25, 0.3) is 11.6 Å². The highest BCUT2D eigenvalue weighted by Crippen LogP contribution is 2.27. The molecule has 1 N–H and O–H groups in total. The maximum atomic E-state index is 11.8. The van der Waals surface area contributed by atoms with E-state index in [0.29, 0.717) is 30.8 Å². The SMILES string of the molecule is CNCc1cc([N+](=O)[O-])ccc1OC1CCN(C)C1=O. The molecule has 0 spiro atoms. The fourth-order valence-electron chi connectivity index (χ4n) is 2.18. The Kier molecular flexibility index (Phi) is 4.19. The van der Waals surface area contributed by atoms with Crippen molar-refractivity contribution < 1.29 is 14.5 Å². The second-order valence-corrected chi connectivity index (χ2v) is 4.73. The summed E-state index contributed by atoms with van der Waals surface area (Å²) in [6.07, 6.45) is 0.128. The van der Waals surface area contributed by atoms with Gasteiger partial charge in [-0.15, -0.1) is 0 Å². The first-order valence-corrected chi connectivity index (χ1v) is 6.36. The molecule has 20 heavy (non-hydrogen) atoms. The van der Waals surface area contributed by atoms with Gasteiger partial charge in [0.2, 0.25) is 0 Å². The Bertz CT molecular complexity index is 532. The second kappa shape index (κ2) is 5.87. The van der Waals surface area contributed by atoms with E-state index in [1.165, 1.54) is 12.1 Å². The minimum absolute atomic E-state index is 0.0115. The number of hydrogen-bond acceptors (Lipinski definition) is 5. The number of nitro groups is 1. The highest BCUT2D eigenvalue weighted by Gasteiger charge is 2.31. The number of non-ortho nitro benzene ring substituents is 1. The van der Waals surface area contributed by atoms with Crippen molar-refractivity contribution in [3.05, 3.63) is 33.9 Å². The fourth-order valence-corrected chi connectivity index (χ4v) is 2.18. The number of nitrogens with one attached hydrogen (secondary N) is 1. The predicted molar refractivity (Wildman–Crippen MR) is 72.5 cm³/mol. The molecule has 0 bridgehead atoms. The second-order valence-electron chi connectivity index (χ2n) is 4.73. The molecule has 1 aliphatic heterocycles. The van der Waals surface area contributed by atoms with Gasteiger partial charge in [0.15, 0.2) is 6.10 Å². The Morgan fingerprint density at radius 3 is 2.85 bits per heavy atom. The zero-order valence-corrected chi connectivity index (χ0v) is 11.5. The molecule has 1 atom stereocenters. The molecular formula is C13H17N3O4. The van der Waals surface area contributed by atoms with Crippen LogP contribution in [0.1, 0.15) is 12.0 Å². The minimum atomic E-state index is -0.503. The Hall–Kier alpha value is -2.15. The summed E-state index contributed by atoms with van der Waals surface area (Å²) < 4.78 is 5.72. The van der Waals surface area contributed by atoms with Crippen molar-refractivity contribution in [2.24, 2.45) is 0 Å². The van der Waals surface area contributed by atoms with Gasteiger partial charge in [0.1, 0.15) is 5.75 Å². The maximum Gasteiger partial charge on any atom is 0.270 e. The molecule has 1 unspecified atom stereocenters. The smallest absolute Gasteiger partial charge is 0.270 e. The first kappa shape index (κ1) is 14.3. The van der Waals surface area contributed by atoms with Crippen LogP contribution in [0.4, 0.5) is 5.69 Å². The van der Waals surface area contributed by atoms with Gasteiger partial charge in [-0.2, -0.15) is 0 Å². The predicted octanol–water partition coefficient (Wildman–Crippen LogP) is 0.924. The number of likely N-dealkylation sites (N-methyl/N-ethyl adjacent to an activating group) is 1. The van der Waals surface area contributed by atoms with E-state index in [4.69, 9.17) is 4.74 Å². The van der Waals surface area contributed by atoms with Gasteiger partial charge in [-0.1, -0.05) is 0 Å². The van der Waals surface area contributed by atoms with E-state index in [1.54, 1.807) is 25.1 Å². The van der Waals surface area contributed by atoms with Crippen LogP contribution in [0.3, 0.4) is 0 Å². The Balaban J connectivity index is 2.22. The quantitative estimate of drug-likeness (QED) is 0.640.